The van der Waals surface area contributed by atoms with Gasteiger partial charge in [-0.25, -0.2) is 9.37 Å². The monoisotopic (exact) mass is 374 g/mol. The van der Waals surface area contributed by atoms with Gasteiger partial charge in [0.1, 0.15) is 11.5 Å². The molecule has 0 saturated carbocycles. The molecular formula is C19H23FN4O3. The van der Waals surface area contributed by atoms with Crippen LogP contribution in [-0.2, 0) is 9.53 Å². The number of hydrogen-bond acceptors (Lipinski definition) is 5. The van der Waals surface area contributed by atoms with Crippen LogP contribution in [-0.4, -0.2) is 53.0 Å². The molecule has 7 nitrogen and oxygen atoms in total. The Labute approximate surface area is 157 Å². The first kappa shape index (κ1) is 20.4. The highest BCUT2D eigenvalue weighted by Crippen LogP contribution is 2.13. The maximum absolute atomic E-state index is 13.6. The van der Waals surface area contributed by atoms with Crippen molar-refractivity contribution in [2.24, 2.45) is 0 Å². The molecule has 27 heavy (non-hydrogen) atoms. The van der Waals surface area contributed by atoms with E-state index < -0.39 is 5.82 Å². The molecule has 0 aliphatic heterocycles. The van der Waals surface area contributed by atoms with Gasteiger partial charge in [-0.3, -0.25) is 14.6 Å². The first-order valence-electron chi connectivity index (χ1n) is 8.79. The molecule has 0 unspecified atom stereocenters. The molecular weight excluding hydrogens is 351 g/mol. The van der Waals surface area contributed by atoms with Gasteiger partial charge in [0.05, 0.1) is 11.9 Å². The molecule has 0 radical (unpaired) electrons. The number of hydrogen-bond donors (Lipinski definition) is 1. The topological polar surface area (TPSA) is 84.4 Å². The van der Waals surface area contributed by atoms with E-state index in [1.54, 1.807) is 12.1 Å². The fraction of sp³-hybridized carbons (Fsp3) is 0.368. The Kier molecular flexibility index (Phi) is 8.31. The number of benzene rings is 1. The van der Waals surface area contributed by atoms with Gasteiger partial charge in [0.15, 0.2) is 0 Å². The zero-order valence-corrected chi connectivity index (χ0v) is 15.2. The average Bonchev–Trinajstić information content (AvgIpc) is 2.69. The molecule has 0 atom stereocenters. The number of ether oxygens (including phenoxy) is 1. The lowest BCUT2D eigenvalue weighted by Gasteiger charge is -2.22. The Morgan fingerprint density at radius 2 is 2.04 bits per heavy atom. The molecule has 1 N–H and O–H groups in total. The van der Waals surface area contributed by atoms with Crippen LogP contribution in [0.4, 0.5) is 10.1 Å². The molecule has 0 aliphatic carbocycles. The fourth-order valence-corrected chi connectivity index (χ4v) is 2.40. The Morgan fingerprint density at radius 1 is 1.22 bits per heavy atom. The number of nitrogens with zero attached hydrogens (tertiary/aromatic N) is 3. The second-order valence-corrected chi connectivity index (χ2v) is 5.71. The molecule has 8 heteroatoms. The minimum Gasteiger partial charge on any atom is -0.382 e. The van der Waals surface area contributed by atoms with Crippen molar-refractivity contribution >= 4 is 17.5 Å². The van der Waals surface area contributed by atoms with Gasteiger partial charge in [0, 0.05) is 45.1 Å². The van der Waals surface area contributed by atoms with E-state index in [9.17, 15) is 14.0 Å². The van der Waals surface area contributed by atoms with Gasteiger partial charge in [0.2, 0.25) is 5.91 Å². The van der Waals surface area contributed by atoms with E-state index in [2.05, 4.69) is 15.3 Å². The molecule has 1 heterocycles. The number of amides is 2. The van der Waals surface area contributed by atoms with Gasteiger partial charge < -0.3 is 15.0 Å². The number of anilines is 1. The van der Waals surface area contributed by atoms with Crippen LogP contribution in [0, 0.1) is 5.82 Å². The molecule has 0 bridgehead atoms. The molecule has 0 saturated heterocycles. The van der Waals surface area contributed by atoms with Gasteiger partial charge in [-0.2, -0.15) is 0 Å². The summed E-state index contributed by atoms with van der Waals surface area (Å²) >= 11 is 0. The van der Waals surface area contributed by atoms with Crippen LogP contribution < -0.4 is 5.32 Å². The van der Waals surface area contributed by atoms with Crippen LogP contribution in [0.1, 0.15) is 30.3 Å². The molecule has 1 aromatic carbocycles. The molecule has 2 rings (SSSR count). The van der Waals surface area contributed by atoms with E-state index in [4.69, 9.17) is 4.74 Å². The van der Waals surface area contributed by atoms with Crippen molar-refractivity contribution in [3.63, 3.8) is 0 Å². The Balaban J connectivity index is 1.95. The Morgan fingerprint density at radius 3 is 2.74 bits per heavy atom. The van der Waals surface area contributed by atoms with Gasteiger partial charge in [0.25, 0.3) is 5.91 Å². The van der Waals surface area contributed by atoms with E-state index in [0.717, 1.165) is 0 Å². The summed E-state index contributed by atoms with van der Waals surface area (Å²) in [6, 6.07) is 5.94. The largest absolute Gasteiger partial charge is 0.382 e. The van der Waals surface area contributed by atoms with E-state index in [1.165, 1.54) is 35.6 Å². The van der Waals surface area contributed by atoms with Crippen LogP contribution in [0.2, 0.25) is 0 Å². The second-order valence-electron chi connectivity index (χ2n) is 5.71. The molecule has 0 spiro atoms. The number of carbonyl (C=O) groups excluding carboxylic acids is 2. The third-order valence-corrected chi connectivity index (χ3v) is 3.75. The fourth-order valence-electron chi connectivity index (χ4n) is 2.40. The highest BCUT2D eigenvalue weighted by atomic mass is 19.1. The lowest BCUT2D eigenvalue weighted by atomic mass is 10.2. The van der Waals surface area contributed by atoms with Crippen LogP contribution in [0.25, 0.3) is 0 Å². The number of nitrogens with one attached hydrogen (secondary N) is 1. The number of para-hydroxylation sites is 1. The molecule has 1 aromatic heterocycles. The highest BCUT2D eigenvalue weighted by molar-refractivity contribution is 5.93. The van der Waals surface area contributed by atoms with Crippen molar-refractivity contribution in [3.05, 3.63) is 54.4 Å². The summed E-state index contributed by atoms with van der Waals surface area (Å²) in [7, 11) is 0. The van der Waals surface area contributed by atoms with E-state index in [1.807, 2.05) is 6.92 Å². The zero-order valence-electron chi connectivity index (χ0n) is 15.2. The number of rotatable bonds is 10. The number of aromatic nitrogens is 2. The van der Waals surface area contributed by atoms with Crippen molar-refractivity contribution < 1.29 is 18.7 Å². The molecule has 0 aliphatic rings. The lowest BCUT2D eigenvalue weighted by molar-refractivity contribution is -0.116. The molecule has 2 amide bonds. The van der Waals surface area contributed by atoms with E-state index >= 15 is 0 Å². The van der Waals surface area contributed by atoms with Crippen molar-refractivity contribution in [2.75, 3.05) is 31.6 Å². The molecule has 0 fully saturated rings. The summed E-state index contributed by atoms with van der Waals surface area (Å²) in [5.41, 5.74) is 0.328. The third kappa shape index (κ3) is 6.74. The first-order valence-corrected chi connectivity index (χ1v) is 8.79. The minimum atomic E-state index is -0.505. The van der Waals surface area contributed by atoms with Gasteiger partial charge in [-0.05, 0) is 25.5 Å². The van der Waals surface area contributed by atoms with E-state index in [-0.39, 0.29) is 36.2 Å². The molecule has 144 valence electrons. The first-order chi connectivity index (χ1) is 13.1. The van der Waals surface area contributed by atoms with Crippen molar-refractivity contribution in [1.82, 2.24) is 14.9 Å². The Hall–Kier alpha value is -2.87. The van der Waals surface area contributed by atoms with Crippen molar-refractivity contribution in [3.8, 4) is 0 Å². The maximum Gasteiger partial charge on any atom is 0.274 e. The smallest absolute Gasteiger partial charge is 0.274 e. The van der Waals surface area contributed by atoms with Gasteiger partial charge >= 0.3 is 0 Å². The van der Waals surface area contributed by atoms with Crippen molar-refractivity contribution in [2.45, 2.75) is 19.8 Å². The van der Waals surface area contributed by atoms with Crippen LogP contribution >= 0.6 is 0 Å². The standard InChI is InChI=1S/C19H23FN4O3/c1-2-27-13-5-11-24(19(26)17-14-21-9-10-22-17)12-8-18(25)23-16-7-4-3-6-15(16)20/h3-4,6-7,9-10,14H,2,5,8,11-13H2,1H3,(H,23,25). The summed E-state index contributed by atoms with van der Waals surface area (Å²) in [6.07, 6.45) is 4.98. The second kappa shape index (κ2) is 11.0. The zero-order chi connectivity index (χ0) is 19.5. The predicted molar refractivity (Wildman–Crippen MR) is 98.7 cm³/mol. The summed E-state index contributed by atoms with van der Waals surface area (Å²) in [5.74, 6) is -1.18. The summed E-state index contributed by atoms with van der Waals surface area (Å²) < 4.78 is 18.9. The third-order valence-electron chi connectivity index (χ3n) is 3.75. The van der Waals surface area contributed by atoms with Gasteiger partial charge in [-0.1, -0.05) is 12.1 Å². The predicted octanol–water partition coefficient (Wildman–Crippen LogP) is 2.51. The quantitative estimate of drug-likeness (QED) is 0.646. The summed E-state index contributed by atoms with van der Waals surface area (Å²) in [6.45, 7) is 3.62. The average molecular weight is 374 g/mol. The lowest BCUT2D eigenvalue weighted by Crippen LogP contribution is -2.35. The number of halogens is 1. The summed E-state index contributed by atoms with van der Waals surface area (Å²) in [4.78, 5) is 34.2. The number of carbonyl (C=O) groups is 2. The summed E-state index contributed by atoms with van der Waals surface area (Å²) in [5, 5.41) is 2.52. The minimum absolute atomic E-state index is 0.0367. The molecule has 2 aromatic rings. The van der Waals surface area contributed by atoms with Crippen LogP contribution in [0.15, 0.2) is 42.9 Å². The Bertz CT molecular complexity index is 743. The van der Waals surface area contributed by atoms with Crippen LogP contribution in [0.5, 0.6) is 0 Å². The normalized spacial score (nSPS) is 10.4. The van der Waals surface area contributed by atoms with E-state index in [0.29, 0.717) is 26.2 Å². The van der Waals surface area contributed by atoms with Gasteiger partial charge in [-0.15, -0.1) is 0 Å². The van der Waals surface area contributed by atoms with Crippen molar-refractivity contribution in [1.29, 1.82) is 0 Å². The maximum atomic E-state index is 13.6. The highest BCUT2D eigenvalue weighted by Gasteiger charge is 2.18. The van der Waals surface area contributed by atoms with Crippen LogP contribution in [0.3, 0.4) is 0 Å². The SMILES string of the molecule is CCOCCCN(CCC(=O)Nc1ccccc1F)C(=O)c1cnccn1.